The SMILES string of the molecule is CC1(C)CCC(Cc2ccc(Cl)cc2)C1(C)O. The maximum atomic E-state index is 10.7. The summed E-state index contributed by atoms with van der Waals surface area (Å²) >= 11 is 5.88. The van der Waals surface area contributed by atoms with Gasteiger partial charge in [-0.3, -0.25) is 0 Å². The lowest BCUT2D eigenvalue weighted by atomic mass is 9.74. The van der Waals surface area contributed by atoms with Crippen molar-refractivity contribution in [1.29, 1.82) is 0 Å². The van der Waals surface area contributed by atoms with Crippen LogP contribution in [0, 0.1) is 11.3 Å². The molecule has 0 amide bonds. The first-order chi connectivity index (χ1) is 7.83. The van der Waals surface area contributed by atoms with Crippen LogP contribution in [0.2, 0.25) is 5.02 Å². The second kappa shape index (κ2) is 4.29. The molecule has 0 heterocycles. The van der Waals surface area contributed by atoms with E-state index < -0.39 is 5.60 Å². The summed E-state index contributed by atoms with van der Waals surface area (Å²) in [6, 6.07) is 7.96. The summed E-state index contributed by atoms with van der Waals surface area (Å²) in [7, 11) is 0. The van der Waals surface area contributed by atoms with Crippen molar-refractivity contribution in [3.63, 3.8) is 0 Å². The molecule has 0 saturated heterocycles. The van der Waals surface area contributed by atoms with E-state index in [1.165, 1.54) is 5.56 Å². The van der Waals surface area contributed by atoms with E-state index in [0.717, 1.165) is 24.3 Å². The van der Waals surface area contributed by atoms with E-state index in [2.05, 4.69) is 26.0 Å². The van der Waals surface area contributed by atoms with Gasteiger partial charge < -0.3 is 5.11 Å². The smallest absolute Gasteiger partial charge is 0.0701 e. The largest absolute Gasteiger partial charge is 0.389 e. The summed E-state index contributed by atoms with van der Waals surface area (Å²) in [4.78, 5) is 0. The van der Waals surface area contributed by atoms with Crippen LogP contribution in [0.4, 0.5) is 0 Å². The van der Waals surface area contributed by atoms with Crippen molar-refractivity contribution in [3.8, 4) is 0 Å². The van der Waals surface area contributed by atoms with Crippen molar-refractivity contribution in [3.05, 3.63) is 34.9 Å². The van der Waals surface area contributed by atoms with Crippen molar-refractivity contribution < 1.29 is 5.11 Å². The Kier molecular flexibility index (Phi) is 3.26. The number of halogens is 1. The van der Waals surface area contributed by atoms with Crippen molar-refractivity contribution in [2.75, 3.05) is 0 Å². The first-order valence-corrected chi connectivity index (χ1v) is 6.67. The van der Waals surface area contributed by atoms with Crippen LogP contribution in [0.15, 0.2) is 24.3 Å². The molecule has 2 rings (SSSR count). The molecule has 2 heteroatoms. The minimum absolute atomic E-state index is 0.0179. The van der Waals surface area contributed by atoms with E-state index in [0.29, 0.717) is 5.92 Å². The highest BCUT2D eigenvalue weighted by Gasteiger charge is 2.50. The Bertz CT molecular complexity index is 392. The third kappa shape index (κ3) is 2.36. The summed E-state index contributed by atoms with van der Waals surface area (Å²) in [6.07, 6.45) is 3.13. The standard InChI is InChI=1S/C15H21ClO/c1-14(2)9-8-12(15(14,3)17)10-11-4-6-13(16)7-5-11/h4-7,12,17H,8-10H2,1-3H3. The zero-order valence-electron chi connectivity index (χ0n) is 10.8. The minimum Gasteiger partial charge on any atom is -0.389 e. The third-order valence-corrected chi connectivity index (χ3v) is 4.93. The first kappa shape index (κ1) is 12.9. The summed E-state index contributed by atoms with van der Waals surface area (Å²) in [5.41, 5.74) is 0.703. The number of rotatable bonds is 2. The molecular formula is C15H21ClO. The second-order valence-electron chi connectivity index (χ2n) is 6.10. The van der Waals surface area contributed by atoms with Gasteiger partial charge in [0.1, 0.15) is 0 Å². The highest BCUT2D eigenvalue weighted by atomic mass is 35.5. The van der Waals surface area contributed by atoms with E-state index in [9.17, 15) is 5.11 Å². The molecular weight excluding hydrogens is 232 g/mol. The van der Waals surface area contributed by atoms with E-state index >= 15 is 0 Å². The van der Waals surface area contributed by atoms with Gasteiger partial charge in [0.2, 0.25) is 0 Å². The topological polar surface area (TPSA) is 20.2 Å². The first-order valence-electron chi connectivity index (χ1n) is 6.30. The zero-order valence-corrected chi connectivity index (χ0v) is 11.6. The van der Waals surface area contributed by atoms with Gasteiger partial charge in [-0.25, -0.2) is 0 Å². The van der Waals surface area contributed by atoms with Crippen LogP contribution in [0.1, 0.15) is 39.2 Å². The monoisotopic (exact) mass is 252 g/mol. The van der Waals surface area contributed by atoms with E-state index in [1.54, 1.807) is 0 Å². The lowest BCUT2D eigenvalue weighted by molar-refractivity contribution is -0.0588. The quantitative estimate of drug-likeness (QED) is 0.841. The minimum atomic E-state index is -0.577. The molecule has 1 fully saturated rings. The molecule has 1 saturated carbocycles. The maximum absolute atomic E-state index is 10.7. The number of benzene rings is 1. The number of hydrogen-bond donors (Lipinski definition) is 1. The lowest BCUT2D eigenvalue weighted by Gasteiger charge is -2.37. The van der Waals surface area contributed by atoms with Crippen LogP contribution in [-0.4, -0.2) is 10.7 Å². The van der Waals surface area contributed by atoms with Crippen LogP contribution in [0.25, 0.3) is 0 Å². The van der Waals surface area contributed by atoms with Gasteiger partial charge in [0.15, 0.2) is 0 Å². The molecule has 0 radical (unpaired) electrons. The van der Waals surface area contributed by atoms with Gasteiger partial charge in [0.05, 0.1) is 5.60 Å². The Hall–Kier alpha value is -0.530. The molecule has 0 spiro atoms. The molecule has 0 bridgehead atoms. The third-order valence-electron chi connectivity index (χ3n) is 4.68. The molecule has 94 valence electrons. The van der Waals surface area contributed by atoms with Gasteiger partial charge in [0.25, 0.3) is 0 Å². The van der Waals surface area contributed by atoms with Gasteiger partial charge >= 0.3 is 0 Å². The summed E-state index contributed by atoms with van der Waals surface area (Å²) < 4.78 is 0. The molecule has 0 aliphatic heterocycles. The van der Waals surface area contributed by atoms with E-state index in [4.69, 9.17) is 11.6 Å². The molecule has 0 aromatic heterocycles. The van der Waals surface area contributed by atoms with Gasteiger partial charge in [-0.15, -0.1) is 0 Å². The summed E-state index contributed by atoms with van der Waals surface area (Å²) in [5, 5.41) is 11.4. The van der Waals surface area contributed by atoms with Crippen LogP contribution in [0.5, 0.6) is 0 Å². The Morgan fingerprint density at radius 2 is 1.82 bits per heavy atom. The predicted octanol–water partition coefficient (Wildman–Crippen LogP) is 4.07. The van der Waals surface area contributed by atoms with Crippen LogP contribution in [-0.2, 0) is 6.42 Å². The van der Waals surface area contributed by atoms with Gasteiger partial charge in [-0.2, -0.15) is 0 Å². The fourth-order valence-corrected chi connectivity index (χ4v) is 2.95. The average Bonchev–Trinajstić information content (AvgIpc) is 2.44. The molecule has 2 unspecified atom stereocenters. The van der Waals surface area contributed by atoms with Gasteiger partial charge in [-0.1, -0.05) is 37.6 Å². The molecule has 1 aliphatic rings. The summed E-state index contributed by atoms with van der Waals surface area (Å²) in [6.45, 7) is 6.31. The lowest BCUT2D eigenvalue weighted by Crippen LogP contribution is -2.42. The van der Waals surface area contributed by atoms with Gasteiger partial charge in [-0.05, 0) is 55.2 Å². The zero-order chi connectivity index (χ0) is 12.7. The van der Waals surface area contributed by atoms with Gasteiger partial charge in [0, 0.05) is 5.02 Å². The Balaban J connectivity index is 2.13. The molecule has 1 N–H and O–H groups in total. The Morgan fingerprint density at radius 1 is 1.24 bits per heavy atom. The number of hydrogen-bond acceptors (Lipinski definition) is 1. The number of aliphatic hydroxyl groups is 1. The highest BCUT2D eigenvalue weighted by molar-refractivity contribution is 6.30. The normalized spacial score (nSPS) is 31.7. The predicted molar refractivity (Wildman–Crippen MR) is 72.3 cm³/mol. The van der Waals surface area contributed by atoms with Crippen molar-refractivity contribution >= 4 is 11.6 Å². The molecule has 2 atom stereocenters. The fourth-order valence-electron chi connectivity index (χ4n) is 2.83. The van der Waals surface area contributed by atoms with Crippen LogP contribution in [0.3, 0.4) is 0 Å². The Morgan fingerprint density at radius 3 is 2.29 bits per heavy atom. The van der Waals surface area contributed by atoms with Crippen LogP contribution >= 0.6 is 11.6 Å². The Labute approximate surface area is 109 Å². The maximum Gasteiger partial charge on any atom is 0.0701 e. The fraction of sp³-hybridized carbons (Fsp3) is 0.600. The molecule has 17 heavy (non-hydrogen) atoms. The molecule has 1 aliphatic carbocycles. The molecule has 1 nitrogen and oxygen atoms in total. The van der Waals surface area contributed by atoms with Crippen molar-refractivity contribution in [2.24, 2.45) is 11.3 Å². The van der Waals surface area contributed by atoms with E-state index in [1.807, 2.05) is 19.1 Å². The van der Waals surface area contributed by atoms with Crippen molar-refractivity contribution in [2.45, 2.75) is 45.6 Å². The van der Waals surface area contributed by atoms with Crippen molar-refractivity contribution in [1.82, 2.24) is 0 Å². The average molecular weight is 253 g/mol. The van der Waals surface area contributed by atoms with E-state index in [-0.39, 0.29) is 5.41 Å². The molecule has 1 aromatic rings. The highest BCUT2D eigenvalue weighted by Crippen LogP contribution is 2.50. The summed E-state index contributed by atoms with van der Waals surface area (Å²) in [5.74, 6) is 0.346. The second-order valence-corrected chi connectivity index (χ2v) is 6.53. The van der Waals surface area contributed by atoms with Crippen LogP contribution < -0.4 is 0 Å². The molecule has 1 aromatic carbocycles.